The highest BCUT2D eigenvalue weighted by Gasteiger charge is 2.21. The van der Waals surface area contributed by atoms with Gasteiger partial charge in [0.2, 0.25) is 0 Å². The Morgan fingerprint density at radius 3 is 2.18 bits per heavy atom. The van der Waals surface area contributed by atoms with E-state index in [1.165, 1.54) is 30.8 Å². The zero-order chi connectivity index (χ0) is 20.3. The third kappa shape index (κ3) is 3.66. The van der Waals surface area contributed by atoms with Gasteiger partial charge in [0.25, 0.3) is 0 Å². The molecule has 0 aliphatic heterocycles. The molecular formula is C21H14N4O2S. The molecule has 1 aromatic heterocycles. The lowest BCUT2D eigenvalue weighted by Gasteiger charge is -2.13. The van der Waals surface area contributed by atoms with Gasteiger partial charge in [-0.15, -0.1) is 0 Å². The van der Waals surface area contributed by atoms with E-state index in [0.29, 0.717) is 21.7 Å². The zero-order valence-corrected chi connectivity index (χ0v) is 15.6. The number of benzene rings is 2. The summed E-state index contributed by atoms with van der Waals surface area (Å²) in [4.78, 5) is 16.5. The Balaban J connectivity index is 2.19. The highest BCUT2D eigenvalue weighted by molar-refractivity contribution is 7.99. The number of phenolic OH excluding ortho intramolecular Hbond substituents is 1. The first-order valence-corrected chi connectivity index (χ1v) is 8.98. The molecule has 0 atom stereocenters. The molecule has 1 heterocycles. The molecule has 0 aliphatic carbocycles. The lowest BCUT2D eigenvalue weighted by molar-refractivity contribution is 0.101. The Morgan fingerprint density at radius 1 is 1.04 bits per heavy atom. The summed E-state index contributed by atoms with van der Waals surface area (Å²) < 4.78 is 0. The molecule has 7 heteroatoms. The molecule has 3 rings (SSSR count). The largest absolute Gasteiger partial charge is 0.508 e. The summed E-state index contributed by atoms with van der Waals surface area (Å²) in [7, 11) is 0. The van der Waals surface area contributed by atoms with E-state index < -0.39 is 0 Å². The smallest absolute Gasteiger partial charge is 0.159 e. The van der Waals surface area contributed by atoms with E-state index >= 15 is 0 Å². The monoisotopic (exact) mass is 386 g/mol. The fourth-order valence-electron chi connectivity index (χ4n) is 2.66. The number of hydrogen-bond donors (Lipinski definition) is 2. The third-order valence-corrected chi connectivity index (χ3v) is 5.04. The van der Waals surface area contributed by atoms with Crippen molar-refractivity contribution in [1.29, 1.82) is 10.5 Å². The number of rotatable bonds is 4. The van der Waals surface area contributed by atoms with Crippen molar-refractivity contribution in [3.05, 3.63) is 65.2 Å². The number of hydrogen-bond acceptors (Lipinski definition) is 7. The molecule has 0 aliphatic rings. The maximum absolute atomic E-state index is 11.5. The van der Waals surface area contributed by atoms with Crippen molar-refractivity contribution in [3.8, 4) is 29.0 Å². The third-order valence-electron chi connectivity index (χ3n) is 4.05. The molecule has 0 radical (unpaired) electrons. The van der Waals surface area contributed by atoms with Crippen molar-refractivity contribution in [3.63, 3.8) is 0 Å². The second-order valence-electron chi connectivity index (χ2n) is 5.88. The summed E-state index contributed by atoms with van der Waals surface area (Å²) in [6.07, 6.45) is 0. The fraction of sp³-hybridized carbons (Fsp3) is 0.0476. The lowest BCUT2D eigenvalue weighted by atomic mass is 9.95. The first kappa shape index (κ1) is 19.0. The van der Waals surface area contributed by atoms with Gasteiger partial charge in [-0.3, -0.25) is 4.79 Å². The second kappa shape index (κ2) is 7.83. The van der Waals surface area contributed by atoms with E-state index in [9.17, 15) is 20.4 Å². The standard InChI is InChI=1S/C21H14N4O2S/c1-12(26)13-2-4-14(5-3-13)19-17(10-22)20(24)25-21(18(19)11-23)28-16-8-6-15(27)7-9-16/h2-9,27H,1H3,(H2,24,25). The van der Waals surface area contributed by atoms with Crippen LogP contribution >= 0.6 is 11.8 Å². The van der Waals surface area contributed by atoms with Crippen LogP contribution < -0.4 is 5.73 Å². The molecule has 3 aromatic rings. The number of carbonyl (C=O) groups excluding carboxylic acids is 1. The van der Waals surface area contributed by atoms with Crippen LogP contribution in [0.5, 0.6) is 5.75 Å². The molecule has 0 spiro atoms. The van der Waals surface area contributed by atoms with Crippen molar-refractivity contribution >= 4 is 23.4 Å². The number of aromatic hydroxyl groups is 1. The van der Waals surface area contributed by atoms with E-state index in [2.05, 4.69) is 11.1 Å². The minimum atomic E-state index is -0.0784. The molecule has 0 saturated heterocycles. The topological polar surface area (TPSA) is 124 Å². The second-order valence-corrected chi connectivity index (χ2v) is 6.94. The van der Waals surface area contributed by atoms with E-state index in [1.54, 1.807) is 36.4 Å². The average molecular weight is 386 g/mol. The van der Waals surface area contributed by atoms with E-state index in [1.807, 2.05) is 6.07 Å². The summed E-state index contributed by atoms with van der Waals surface area (Å²) in [6.45, 7) is 1.47. The Hall–Kier alpha value is -3.81. The van der Waals surface area contributed by atoms with Crippen molar-refractivity contribution in [1.82, 2.24) is 4.98 Å². The molecule has 0 unspecified atom stereocenters. The summed E-state index contributed by atoms with van der Waals surface area (Å²) in [5.74, 6) is 0.0715. The van der Waals surface area contributed by atoms with Crippen LogP contribution in [0.4, 0.5) is 5.82 Å². The highest BCUT2D eigenvalue weighted by Crippen LogP contribution is 2.38. The number of aromatic nitrogens is 1. The van der Waals surface area contributed by atoms with Crippen LogP contribution in [0.25, 0.3) is 11.1 Å². The molecule has 0 bridgehead atoms. The van der Waals surface area contributed by atoms with Crippen LogP contribution in [0.3, 0.4) is 0 Å². The molecule has 0 saturated carbocycles. The Bertz CT molecular complexity index is 1140. The Morgan fingerprint density at radius 2 is 1.64 bits per heavy atom. The number of nitriles is 2. The minimum absolute atomic E-state index is 0.0217. The molecule has 0 amide bonds. The van der Waals surface area contributed by atoms with Gasteiger partial charge < -0.3 is 10.8 Å². The van der Waals surface area contributed by atoms with Crippen LogP contribution in [0.2, 0.25) is 0 Å². The number of pyridine rings is 1. The van der Waals surface area contributed by atoms with Crippen LogP contribution in [-0.2, 0) is 0 Å². The number of nitrogen functional groups attached to an aromatic ring is 1. The first-order chi connectivity index (χ1) is 13.4. The Labute approximate surface area is 165 Å². The fourth-order valence-corrected chi connectivity index (χ4v) is 3.55. The molecule has 6 nitrogen and oxygen atoms in total. The van der Waals surface area contributed by atoms with E-state index in [-0.39, 0.29) is 28.5 Å². The number of nitrogens with two attached hydrogens (primary N) is 1. The maximum Gasteiger partial charge on any atom is 0.159 e. The predicted octanol–water partition coefficient (Wildman–Crippen LogP) is 4.13. The van der Waals surface area contributed by atoms with Gasteiger partial charge in [-0.05, 0) is 36.8 Å². The average Bonchev–Trinajstić information content (AvgIpc) is 2.69. The molecule has 0 fully saturated rings. The van der Waals surface area contributed by atoms with Crippen molar-refractivity contribution in [2.75, 3.05) is 5.73 Å². The van der Waals surface area contributed by atoms with Gasteiger partial charge in [0, 0.05) is 16.0 Å². The highest BCUT2D eigenvalue weighted by atomic mass is 32.2. The van der Waals surface area contributed by atoms with Gasteiger partial charge in [-0.2, -0.15) is 10.5 Å². The van der Waals surface area contributed by atoms with E-state index in [0.717, 1.165) is 4.90 Å². The normalized spacial score (nSPS) is 10.1. The molecule has 2 aromatic carbocycles. The summed E-state index contributed by atoms with van der Waals surface area (Å²) in [5, 5.41) is 29.1. The SMILES string of the molecule is CC(=O)c1ccc(-c2c(C#N)c(N)nc(Sc3ccc(O)cc3)c2C#N)cc1. The number of carbonyl (C=O) groups is 1. The van der Waals surface area contributed by atoms with Crippen LogP contribution in [0.1, 0.15) is 28.4 Å². The van der Waals surface area contributed by atoms with Crippen molar-refractivity contribution in [2.45, 2.75) is 16.8 Å². The summed E-state index contributed by atoms with van der Waals surface area (Å²) in [5.41, 5.74) is 7.84. The predicted molar refractivity (Wildman–Crippen MR) is 106 cm³/mol. The van der Waals surface area contributed by atoms with Gasteiger partial charge in [0.1, 0.15) is 34.3 Å². The van der Waals surface area contributed by atoms with Gasteiger partial charge in [-0.1, -0.05) is 36.0 Å². The summed E-state index contributed by atoms with van der Waals surface area (Å²) >= 11 is 1.21. The molecule has 136 valence electrons. The van der Waals surface area contributed by atoms with Crippen molar-refractivity contribution in [2.24, 2.45) is 0 Å². The molecular weight excluding hydrogens is 372 g/mol. The number of ketones is 1. The van der Waals surface area contributed by atoms with Crippen LogP contribution in [0.15, 0.2) is 58.5 Å². The van der Waals surface area contributed by atoms with Crippen LogP contribution in [0, 0.1) is 22.7 Å². The molecule has 28 heavy (non-hydrogen) atoms. The van der Waals surface area contributed by atoms with Gasteiger partial charge in [-0.25, -0.2) is 4.98 Å². The minimum Gasteiger partial charge on any atom is -0.508 e. The first-order valence-electron chi connectivity index (χ1n) is 8.16. The van der Waals surface area contributed by atoms with Crippen LogP contribution in [-0.4, -0.2) is 15.9 Å². The number of phenols is 1. The number of anilines is 1. The quantitative estimate of drug-likeness (QED) is 0.646. The molecule has 3 N–H and O–H groups in total. The maximum atomic E-state index is 11.5. The van der Waals surface area contributed by atoms with Gasteiger partial charge in [0.05, 0.1) is 5.56 Å². The van der Waals surface area contributed by atoms with Gasteiger partial charge >= 0.3 is 0 Å². The van der Waals surface area contributed by atoms with E-state index in [4.69, 9.17) is 5.73 Å². The van der Waals surface area contributed by atoms with Gasteiger partial charge in [0.15, 0.2) is 5.78 Å². The zero-order valence-electron chi connectivity index (χ0n) is 14.8. The number of Topliss-reactive ketones (excluding diaryl/α,β-unsaturated/α-hetero) is 1. The Kier molecular flexibility index (Phi) is 5.30. The lowest BCUT2D eigenvalue weighted by Crippen LogP contribution is -2.03. The number of nitrogens with zero attached hydrogens (tertiary/aromatic N) is 3. The van der Waals surface area contributed by atoms with Crippen molar-refractivity contribution < 1.29 is 9.90 Å². The summed E-state index contributed by atoms with van der Waals surface area (Å²) in [6, 6.07) is 17.2.